The lowest BCUT2D eigenvalue weighted by Gasteiger charge is -2.37. The van der Waals surface area contributed by atoms with E-state index in [2.05, 4.69) is 29.0 Å². The quantitative estimate of drug-likeness (QED) is 0.901. The van der Waals surface area contributed by atoms with Crippen LogP contribution in [0.15, 0.2) is 18.2 Å². The molecule has 2 rings (SSSR count). The molecule has 0 saturated carbocycles. The molecule has 106 valence electrons. The predicted octanol–water partition coefficient (Wildman–Crippen LogP) is 2.25. The number of hydrogen-bond acceptors (Lipinski definition) is 3. The fourth-order valence-corrected chi connectivity index (χ4v) is 2.62. The second-order valence-corrected chi connectivity index (χ2v) is 5.13. The van der Waals surface area contributed by atoms with Crippen LogP contribution in [0.3, 0.4) is 0 Å². The molecule has 1 aromatic carbocycles. The van der Waals surface area contributed by atoms with Crippen LogP contribution in [0.2, 0.25) is 0 Å². The number of nitrogens with zero attached hydrogens (tertiary/aromatic N) is 2. The van der Waals surface area contributed by atoms with Crippen molar-refractivity contribution in [2.45, 2.75) is 19.9 Å². The van der Waals surface area contributed by atoms with E-state index in [0.717, 1.165) is 38.3 Å². The van der Waals surface area contributed by atoms with Crippen LogP contribution in [0.5, 0.6) is 0 Å². The smallest absolute Gasteiger partial charge is 0.123 e. The molecule has 0 aliphatic carbocycles. The van der Waals surface area contributed by atoms with E-state index in [1.54, 1.807) is 12.1 Å². The van der Waals surface area contributed by atoms with E-state index in [-0.39, 0.29) is 11.9 Å². The lowest BCUT2D eigenvalue weighted by molar-refractivity contribution is 0.271. The molecule has 1 heterocycles. The molecule has 0 amide bonds. The summed E-state index contributed by atoms with van der Waals surface area (Å²) >= 11 is 0. The molecule has 1 aromatic rings. The van der Waals surface area contributed by atoms with Crippen LogP contribution in [0.1, 0.15) is 25.5 Å². The molecule has 1 unspecified atom stereocenters. The Labute approximate surface area is 115 Å². The van der Waals surface area contributed by atoms with Crippen molar-refractivity contribution in [1.29, 1.82) is 0 Å². The minimum Gasteiger partial charge on any atom is -0.369 e. The Bertz CT molecular complexity index is 414. The molecule has 1 fully saturated rings. The van der Waals surface area contributed by atoms with Crippen molar-refractivity contribution >= 4 is 5.69 Å². The van der Waals surface area contributed by atoms with Crippen LogP contribution in [0.4, 0.5) is 10.1 Å². The zero-order valence-corrected chi connectivity index (χ0v) is 12.1. The second kappa shape index (κ2) is 6.35. The molecule has 1 saturated heterocycles. The van der Waals surface area contributed by atoms with Gasteiger partial charge in [0.15, 0.2) is 0 Å². The molecular weight excluding hydrogens is 241 g/mol. The molecule has 0 aromatic heterocycles. The largest absolute Gasteiger partial charge is 0.369 e. The van der Waals surface area contributed by atoms with Gasteiger partial charge in [-0.15, -0.1) is 0 Å². The van der Waals surface area contributed by atoms with Crippen molar-refractivity contribution in [3.8, 4) is 0 Å². The summed E-state index contributed by atoms with van der Waals surface area (Å²) in [6, 6.07) is 5.30. The van der Waals surface area contributed by atoms with E-state index in [0.29, 0.717) is 0 Å². The number of anilines is 1. The Kier molecular flexibility index (Phi) is 4.77. The van der Waals surface area contributed by atoms with Gasteiger partial charge in [0.1, 0.15) is 5.82 Å². The summed E-state index contributed by atoms with van der Waals surface area (Å²) in [5.74, 6) is -0.159. The van der Waals surface area contributed by atoms with Gasteiger partial charge in [0.2, 0.25) is 0 Å². The minimum atomic E-state index is -0.159. The van der Waals surface area contributed by atoms with Gasteiger partial charge in [-0.3, -0.25) is 0 Å². The van der Waals surface area contributed by atoms with E-state index >= 15 is 0 Å². The Balaban J connectivity index is 2.20. The average molecular weight is 265 g/mol. The number of likely N-dealkylation sites (N-methyl/N-ethyl adjacent to an activating group) is 1. The molecule has 19 heavy (non-hydrogen) atoms. The maximum absolute atomic E-state index is 13.5. The lowest BCUT2D eigenvalue weighted by atomic mass is 10.0. The van der Waals surface area contributed by atoms with Crippen LogP contribution in [-0.4, -0.2) is 44.7 Å². The maximum atomic E-state index is 13.5. The molecule has 0 spiro atoms. The van der Waals surface area contributed by atoms with Crippen LogP contribution in [-0.2, 0) is 0 Å². The number of piperazine rings is 1. The Morgan fingerprint density at radius 3 is 2.53 bits per heavy atom. The summed E-state index contributed by atoms with van der Waals surface area (Å²) < 4.78 is 13.5. The highest BCUT2D eigenvalue weighted by atomic mass is 19.1. The third kappa shape index (κ3) is 3.25. The summed E-state index contributed by atoms with van der Waals surface area (Å²) in [6.45, 7) is 9.58. The molecule has 1 aliphatic heterocycles. The number of halogens is 1. The van der Waals surface area contributed by atoms with Crippen molar-refractivity contribution in [3.63, 3.8) is 0 Å². The Hall–Kier alpha value is -1.13. The topological polar surface area (TPSA) is 18.5 Å². The first-order valence-corrected chi connectivity index (χ1v) is 7.09. The number of hydrogen-bond donors (Lipinski definition) is 1. The summed E-state index contributed by atoms with van der Waals surface area (Å²) in [7, 11) is 1.91. The zero-order valence-electron chi connectivity index (χ0n) is 12.1. The van der Waals surface area contributed by atoms with Gasteiger partial charge in [-0.2, -0.15) is 0 Å². The van der Waals surface area contributed by atoms with E-state index in [9.17, 15) is 4.39 Å². The molecule has 0 radical (unpaired) electrons. The molecular formula is C15H24FN3. The first kappa shape index (κ1) is 14.3. The normalized spacial score (nSPS) is 18.6. The Morgan fingerprint density at radius 2 is 1.95 bits per heavy atom. The van der Waals surface area contributed by atoms with Crippen molar-refractivity contribution in [3.05, 3.63) is 29.6 Å². The molecule has 3 nitrogen and oxygen atoms in total. The zero-order chi connectivity index (χ0) is 13.8. The second-order valence-electron chi connectivity index (χ2n) is 5.13. The monoisotopic (exact) mass is 265 g/mol. The van der Waals surface area contributed by atoms with E-state index in [4.69, 9.17) is 0 Å². The van der Waals surface area contributed by atoms with Crippen molar-refractivity contribution < 1.29 is 4.39 Å². The molecule has 4 heteroatoms. The van der Waals surface area contributed by atoms with E-state index in [1.165, 1.54) is 5.69 Å². The molecule has 1 atom stereocenters. The van der Waals surface area contributed by atoms with Gasteiger partial charge in [-0.25, -0.2) is 4.39 Å². The third-order valence-corrected chi connectivity index (χ3v) is 4.05. The fourth-order valence-electron chi connectivity index (χ4n) is 2.62. The van der Waals surface area contributed by atoms with Crippen molar-refractivity contribution in [2.24, 2.45) is 0 Å². The third-order valence-electron chi connectivity index (χ3n) is 4.05. The minimum absolute atomic E-state index is 0.159. The average Bonchev–Trinajstić information content (AvgIpc) is 2.46. The van der Waals surface area contributed by atoms with Crippen LogP contribution in [0.25, 0.3) is 0 Å². The highest BCUT2D eigenvalue weighted by Crippen LogP contribution is 2.28. The highest BCUT2D eigenvalue weighted by molar-refractivity contribution is 5.55. The van der Waals surface area contributed by atoms with Gasteiger partial charge in [0.05, 0.1) is 0 Å². The predicted molar refractivity (Wildman–Crippen MR) is 78.2 cm³/mol. The number of nitrogens with one attached hydrogen (secondary N) is 1. The van der Waals surface area contributed by atoms with Crippen molar-refractivity contribution in [1.82, 2.24) is 10.2 Å². The fraction of sp³-hybridized carbons (Fsp3) is 0.600. The SMILES string of the molecule is CCN1CCN(c2ccc(F)cc2C(C)NC)CC1. The first-order chi connectivity index (χ1) is 9.15. The molecule has 1 N–H and O–H groups in total. The molecule has 1 aliphatic rings. The number of benzene rings is 1. The maximum Gasteiger partial charge on any atom is 0.123 e. The van der Waals surface area contributed by atoms with Crippen molar-refractivity contribution in [2.75, 3.05) is 44.7 Å². The van der Waals surface area contributed by atoms with Crippen LogP contribution < -0.4 is 10.2 Å². The Morgan fingerprint density at radius 1 is 1.26 bits per heavy atom. The first-order valence-electron chi connectivity index (χ1n) is 7.09. The standard InChI is InChI=1S/C15H24FN3/c1-4-18-7-9-19(10-8-18)15-6-5-13(16)11-14(15)12(2)17-3/h5-6,11-12,17H,4,7-10H2,1-3H3. The summed E-state index contributed by atoms with van der Waals surface area (Å²) in [5, 5.41) is 3.20. The lowest BCUT2D eigenvalue weighted by Crippen LogP contribution is -2.46. The van der Waals surface area contributed by atoms with E-state index < -0.39 is 0 Å². The highest BCUT2D eigenvalue weighted by Gasteiger charge is 2.20. The van der Waals surface area contributed by atoms with Gasteiger partial charge in [-0.05, 0) is 44.3 Å². The van der Waals surface area contributed by atoms with Gasteiger partial charge in [0.25, 0.3) is 0 Å². The summed E-state index contributed by atoms with van der Waals surface area (Å²) in [5.41, 5.74) is 2.21. The van der Waals surface area contributed by atoms with E-state index in [1.807, 2.05) is 13.1 Å². The summed E-state index contributed by atoms with van der Waals surface area (Å²) in [6.07, 6.45) is 0. The number of rotatable bonds is 4. The molecule has 0 bridgehead atoms. The summed E-state index contributed by atoms with van der Waals surface area (Å²) in [4.78, 5) is 4.82. The van der Waals surface area contributed by atoms with Gasteiger partial charge >= 0.3 is 0 Å². The van der Waals surface area contributed by atoms with Gasteiger partial charge in [-0.1, -0.05) is 6.92 Å². The van der Waals surface area contributed by atoms with Crippen LogP contribution >= 0.6 is 0 Å². The van der Waals surface area contributed by atoms with Crippen LogP contribution in [0, 0.1) is 5.82 Å². The van der Waals surface area contributed by atoms with Gasteiger partial charge in [0, 0.05) is 37.9 Å². The van der Waals surface area contributed by atoms with Gasteiger partial charge < -0.3 is 15.1 Å².